The van der Waals surface area contributed by atoms with Gasteiger partial charge in [0, 0.05) is 22.3 Å². The number of hydrogen-bond donors (Lipinski definition) is 1. The van der Waals surface area contributed by atoms with Crippen molar-refractivity contribution in [3.63, 3.8) is 0 Å². The van der Waals surface area contributed by atoms with Crippen LogP contribution in [0.2, 0.25) is 0 Å². The molecule has 1 heterocycles. The van der Waals surface area contributed by atoms with E-state index in [-0.39, 0.29) is 5.91 Å². The number of benzene rings is 1. The zero-order chi connectivity index (χ0) is 16.7. The highest BCUT2D eigenvalue weighted by atomic mass is 79.9. The zero-order valence-electron chi connectivity index (χ0n) is 13.2. The average molecular weight is 398 g/mol. The Bertz CT molecular complexity index is 644. The summed E-state index contributed by atoms with van der Waals surface area (Å²) in [5.41, 5.74) is 1.07. The fraction of sp³-hybridized carbons (Fsp3) is 0.353. The largest absolute Gasteiger partial charge is 0.493 e. The van der Waals surface area contributed by atoms with Gasteiger partial charge >= 0.3 is 0 Å². The van der Waals surface area contributed by atoms with Crippen LogP contribution >= 0.6 is 27.3 Å². The first-order valence-corrected chi connectivity index (χ1v) is 9.00. The van der Waals surface area contributed by atoms with E-state index in [2.05, 4.69) is 27.3 Å². The maximum Gasteiger partial charge on any atom is 0.220 e. The number of aryl methyl sites for hydroxylation is 1. The smallest absolute Gasteiger partial charge is 0.220 e. The van der Waals surface area contributed by atoms with E-state index >= 15 is 0 Å². The molecule has 2 aromatic rings. The Morgan fingerprint density at radius 3 is 2.61 bits per heavy atom. The number of rotatable bonds is 8. The summed E-state index contributed by atoms with van der Waals surface area (Å²) in [5.74, 6) is 1.45. The molecule has 0 bridgehead atoms. The Morgan fingerprint density at radius 1 is 1.22 bits per heavy atom. The summed E-state index contributed by atoms with van der Waals surface area (Å²) in [7, 11) is 3.22. The third-order valence-corrected chi connectivity index (χ3v) is 5.12. The first kappa shape index (κ1) is 17.8. The minimum atomic E-state index is 0.0787. The van der Waals surface area contributed by atoms with Crippen LogP contribution in [0.25, 0.3) is 0 Å². The van der Waals surface area contributed by atoms with Crippen molar-refractivity contribution in [2.45, 2.75) is 19.3 Å². The van der Waals surface area contributed by atoms with Crippen LogP contribution in [0.5, 0.6) is 11.5 Å². The molecular weight excluding hydrogens is 378 g/mol. The van der Waals surface area contributed by atoms with Crippen LogP contribution < -0.4 is 14.8 Å². The van der Waals surface area contributed by atoms with Gasteiger partial charge in [-0.1, -0.05) is 22.0 Å². The van der Waals surface area contributed by atoms with Gasteiger partial charge in [0.2, 0.25) is 5.91 Å². The molecule has 0 unspecified atom stereocenters. The number of halogens is 1. The van der Waals surface area contributed by atoms with Gasteiger partial charge in [0.1, 0.15) is 0 Å². The SMILES string of the molecule is COc1cc(Br)c(CCNC(=O)CCc2cccs2)cc1OC. The number of carbonyl (C=O) groups excluding carboxylic acids is 1. The van der Waals surface area contributed by atoms with Crippen LogP contribution in [0.15, 0.2) is 34.1 Å². The fourth-order valence-electron chi connectivity index (χ4n) is 2.20. The van der Waals surface area contributed by atoms with E-state index in [4.69, 9.17) is 9.47 Å². The van der Waals surface area contributed by atoms with E-state index in [9.17, 15) is 4.79 Å². The third-order valence-electron chi connectivity index (χ3n) is 3.45. The molecule has 1 aromatic heterocycles. The first-order valence-electron chi connectivity index (χ1n) is 7.33. The molecule has 0 fully saturated rings. The lowest BCUT2D eigenvalue weighted by Gasteiger charge is -2.12. The molecule has 0 aliphatic rings. The normalized spacial score (nSPS) is 10.4. The van der Waals surface area contributed by atoms with Crippen molar-refractivity contribution >= 4 is 33.2 Å². The van der Waals surface area contributed by atoms with Crippen molar-refractivity contribution in [2.24, 2.45) is 0 Å². The van der Waals surface area contributed by atoms with Crippen LogP contribution in [-0.4, -0.2) is 26.7 Å². The Kier molecular flexibility index (Phi) is 6.92. The van der Waals surface area contributed by atoms with Crippen molar-refractivity contribution in [2.75, 3.05) is 20.8 Å². The van der Waals surface area contributed by atoms with Gasteiger partial charge in [0.15, 0.2) is 11.5 Å². The van der Waals surface area contributed by atoms with Gasteiger partial charge in [-0.05, 0) is 42.0 Å². The van der Waals surface area contributed by atoms with Gasteiger partial charge in [0.25, 0.3) is 0 Å². The molecule has 0 aliphatic carbocycles. The average Bonchev–Trinajstić information content (AvgIpc) is 3.07. The Morgan fingerprint density at radius 2 is 1.96 bits per heavy atom. The number of amides is 1. The predicted molar refractivity (Wildman–Crippen MR) is 96.6 cm³/mol. The molecule has 0 saturated heterocycles. The molecule has 0 atom stereocenters. The zero-order valence-corrected chi connectivity index (χ0v) is 15.6. The summed E-state index contributed by atoms with van der Waals surface area (Å²) in [6.07, 6.45) is 2.04. The lowest BCUT2D eigenvalue weighted by molar-refractivity contribution is -0.121. The molecule has 0 aliphatic heterocycles. The van der Waals surface area contributed by atoms with E-state index in [1.165, 1.54) is 4.88 Å². The van der Waals surface area contributed by atoms with Crippen LogP contribution in [0.3, 0.4) is 0 Å². The van der Waals surface area contributed by atoms with Gasteiger partial charge in [0.05, 0.1) is 14.2 Å². The number of methoxy groups -OCH3 is 2. The molecule has 6 heteroatoms. The lowest BCUT2D eigenvalue weighted by atomic mass is 10.1. The van der Waals surface area contributed by atoms with Gasteiger partial charge in [-0.2, -0.15) is 0 Å². The number of carbonyl (C=O) groups is 1. The number of nitrogens with one attached hydrogen (secondary N) is 1. The quantitative estimate of drug-likeness (QED) is 0.736. The Balaban J connectivity index is 1.82. The van der Waals surface area contributed by atoms with Crippen LogP contribution in [0, 0.1) is 0 Å². The van der Waals surface area contributed by atoms with Crippen LogP contribution in [0.4, 0.5) is 0 Å². The molecule has 4 nitrogen and oxygen atoms in total. The first-order chi connectivity index (χ1) is 11.1. The molecule has 0 saturated carbocycles. The molecule has 1 aromatic carbocycles. The third kappa shape index (κ3) is 5.25. The van der Waals surface area contributed by atoms with Gasteiger partial charge in [-0.25, -0.2) is 0 Å². The van der Waals surface area contributed by atoms with Gasteiger partial charge in [-0.3, -0.25) is 4.79 Å². The molecule has 1 N–H and O–H groups in total. The number of hydrogen-bond acceptors (Lipinski definition) is 4. The van der Waals surface area contributed by atoms with Crippen molar-refractivity contribution < 1.29 is 14.3 Å². The van der Waals surface area contributed by atoms with E-state index in [1.54, 1.807) is 25.6 Å². The highest BCUT2D eigenvalue weighted by molar-refractivity contribution is 9.10. The molecule has 2 rings (SSSR count). The highest BCUT2D eigenvalue weighted by Gasteiger charge is 2.10. The highest BCUT2D eigenvalue weighted by Crippen LogP contribution is 2.33. The summed E-state index contributed by atoms with van der Waals surface area (Å²) < 4.78 is 11.5. The van der Waals surface area contributed by atoms with Crippen molar-refractivity contribution in [3.05, 3.63) is 44.6 Å². The molecular formula is C17H20BrNO3S. The number of ether oxygens (including phenoxy) is 2. The second kappa shape index (κ2) is 8.93. The monoisotopic (exact) mass is 397 g/mol. The van der Waals surface area contributed by atoms with E-state index in [0.717, 1.165) is 22.9 Å². The van der Waals surface area contributed by atoms with E-state index < -0.39 is 0 Å². The maximum atomic E-state index is 11.9. The van der Waals surface area contributed by atoms with Gasteiger partial charge in [-0.15, -0.1) is 11.3 Å². The van der Waals surface area contributed by atoms with Crippen LogP contribution in [0.1, 0.15) is 16.9 Å². The topological polar surface area (TPSA) is 47.6 Å². The Hall–Kier alpha value is -1.53. The molecule has 0 spiro atoms. The molecule has 0 radical (unpaired) electrons. The summed E-state index contributed by atoms with van der Waals surface area (Å²) >= 11 is 5.21. The van der Waals surface area contributed by atoms with E-state index in [0.29, 0.717) is 24.5 Å². The van der Waals surface area contributed by atoms with Crippen LogP contribution in [-0.2, 0) is 17.6 Å². The second-order valence-electron chi connectivity index (χ2n) is 4.98. The summed E-state index contributed by atoms with van der Waals surface area (Å²) in [5, 5.41) is 4.99. The summed E-state index contributed by atoms with van der Waals surface area (Å²) in [6, 6.07) is 7.87. The minimum absolute atomic E-state index is 0.0787. The lowest BCUT2D eigenvalue weighted by Crippen LogP contribution is -2.25. The van der Waals surface area contributed by atoms with Crippen molar-refractivity contribution in [3.8, 4) is 11.5 Å². The molecule has 23 heavy (non-hydrogen) atoms. The number of thiophene rings is 1. The second-order valence-corrected chi connectivity index (χ2v) is 6.86. The van der Waals surface area contributed by atoms with Crippen molar-refractivity contribution in [1.29, 1.82) is 0 Å². The Labute approximate surface area is 148 Å². The van der Waals surface area contributed by atoms with Crippen molar-refractivity contribution in [1.82, 2.24) is 5.32 Å². The summed E-state index contributed by atoms with van der Waals surface area (Å²) in [4.78, 5) is 13.1. The molecule has 124 valence electrons. The standard InChI is InChI=1S/C17H20BrNO3S/c1-21-15-10-12(14(18)11-16(15)22-2)7-8-19-17(20)6-5-13-4-3-9-23-13/h3-4,9-11H,5-8H2,1-2H3,(H,19,20). The summed E-state index contributed by atoms with van der Waals surface area (Å²) in [6.45, 7) is 0.595. The minimum Gasteiger partial charge on any atom is -0.493 e. The molecule has 1 amide bonds. The predicted octanol–water partition coefficient (Wildman–Crippen LogP) is 3.82. The maximum absolute atomic E-state index is 11.9. The fourth-order valence-corrected chi connectivity index (χ4v) is 3.43. The van der Waals surface area contributed by atoms with Gasteiger partial charge < -0.3 is 14.8 Å². The van der Waals surface area contributed by atoms with E-state index in [1.807, 2.05) is 23.6 Å².